The zero-order valence-corrected chi connectivity index (χ0v) is 16.5. The second kappa shape index (κ2) is 9.51. The molecule has 0 amide bonds. The van der Waals surface area contributed by atoms with E-state index in [1.165, 1.54) is 12.1 Å². The molecule has 0 fully saturated rings. The Bertz CT molecular complexity index is 994. The smallest absolute Gasteiger partial charge is 0.387 e. The lowest BCUT2D eigenvalue weighted by atomic mass is 10.1. The highest BCUT2D eigenvalue weighted by atomic mass is 32.2. The minimum atomic E-state index is -3.01. The standard InChI is InChI=1S/C20H18F2N2O4S/c1-12-4-3-5-14(8-12)26-10-18-23-24-20(28-18)29-11-16(25)15-9-13(2)6-7-17(15)27-19(21)22/h3-9,19H,10-11H2,1-2H3. The third-order valence-electron chi connectivity index (χ3n) is 3.78. The van der Waals surface area contributed by atoms with E-state index in [2.05, 4.69) is 14.9 Å². The summed E-state index contributed by atoms with van der Waals surface area (Å²) in [5, 5.41) is 7.93. The summed E-state index contributed by atoms with van der Waals surface area (Å²) in [6.45, 7) is 0.796. The van der Waals surface area contributed by atoms with E-state index in [4.69, 9.17) is 9.15 Å². The maximum Gasteiger partial charge on any atom is 0.387 e. The summed E-state index contributed by atoms with van der Waals surface area (Å²) in [6.07, 6.45) is 0. The lowest BCUT2D eigenvalue weighted by Gasteiger charge is -2.10. The molecule has 3 aromatic rings. The Balaban J connectivity index is 1.58. The van der Waals surface area contributed by atoms with Gasteiger partial charge in [-0.3, -0.25) is 4.79 Å². The second-order valence-corrected chi connectivity index (χ2v) is 7.08. The molecule has 1 aromatic heterocycles. The fraction of sp³-hybridized carbons (Fsp3) is 0.250. The number of hydrogen-bond donors (Lipinski definition) is 0. The van der Waals surface area contributed by atoms with Crippen LogP contribution in [0, 0.1) is 13.8 Å². The van der Waals surface area contributed by atoms with E-state index in [1.54, 1.807) is 13.0 Å². The van der Waals surface area contributed by atoms with Gasteiger partial charge in [0.25, 0.3) is 11.1 Å². The number of hydrogen-bond acceptors (Lipinski definition) is 7. The number of carbonyl (C=O) groups is 1. The van der Waals surface area contributed by atoms with Gasteiger partial charge in [-0.2, -0.15) is 8.78 Å². The first kappa shape index (κ1) is 20.8. The Labute approximate surface area is 170 Å². The molecule has 1 heterocycles. The van der Waals surface area contributed by atoms with Crippen LogP contribution in [0.4, 0.5) is 8.78 Å². The van der Waals surface area contributed by atoms with Crippen LogP contribution in [-0.2, 0) is 6.61 Å². The number of benzene rings is 2. The van der Waals surface area contributed by atoms with Gasteiger partial charge in [-0.1, -0.05) is 35.5 Å². The average Bonchev–Trinajstić information content (AvgIpc) is 3.13. The zero-order valence-electron chi connectivity index (χ0n) is 15.7. The molecule has 0 aliphatic rings. The highest BCUT2D eigenvalue weighted by molar-refractivity contribution is 7.99. The summed E-state index contributed by atoms with van der Waals surface area (Å²) in [5.41, 5.74) is 1.91. The predicted octanol–water partition coefficient (Wildman–Crippen LogP) is 4.84. The van der Waals surface area contributed by atoms with Gasteiger partial charge in [0.05, 0.1) is 11.3 Å². The van der Waals surface area contributed by atoms with Gasteiger partial charge in [0.15, 0.2) is 12.4 Å². The molecule has 29 heavy (non-hydrogen) atoms. The molecule has 0 radical (unpaired) electrons. The minimum absolute atomic E-state index is 0.0660. The molecule has 0 unspecified atom stereocenters. The Morgan fingerprint density at radius 2 is 1.93 bits per heavy atom. The molecule has 0 aliphatic heterocycles. The molecule has 152 valence electrons. The number of carbonyl (C=O) groups excluding carboxylic acids is 1. The van der Waals surface area contributed by atoms with Crippen LogP contribution in [0.15, 0.2) is 52.1 Å². The third kappa shape index (κ3) is 6.02. The average molecular weight is 420 g/mol. The van der Waals surface area contributed by atoms with Crippen LogP contribution < -0.4 is 9.47 Å². The van der Waals surface area contributed by atoms with Crippen molar-refractivity contribution in [2.24, 2.45) is 0 Å². The summed E-state index contributed by atoms with van der Waals surface area (Å²) < 4.78 is 40.6. The first-order valence-electron chi connectivity index (χ1n) is 8.64. The third-order valence-corrected chi connectivity index (χ3v) is 4.60. The summed E-state index contributed by atoms with van der Waals surface area (Å²) in [5.74, 6) is 0.333. The van der Waals surface area contributed by atoms with E-state index in [0.717, 1.165) is 22.9 Å². The monoisotopic (exact) mass is 420 g/mol. The molecular formula is C20H18F2N2O4S. The Morgan fingerprint density at radius 3 is 2.69 bits per heavy atom. The molecule has 0 aliphatic carbocycles. The molecule has 2 aromatic carbocycles. The number of Topliss-reactive ketones (excluding diaryl/α,β-unsaturated/α-hetero) is 1. The maximum atomic E-state index is 12.6. The first-order chi connectivity index (χ1) is 13.9. The molecule has 0 atom stereocenters. The Kier molecular flexibility index (Phi) is 6.82. The largest absolute Gasteiger partial charge is 0.484 e. The van der Waals surface area contributed by atoms with Gasteiger partial charge >= 0.3 is 6.61 Å². The number of aryl methyl sites for hydroxylation is 2. The second-order valence-electron chi connectivity index (χ2n) is 6.16. The molecule has 0 saturated heterocycles. The van der Waals surface area contributed by atoms with E-state index in [1.807, 2.05) is 31.2 Å². The van der Waals surface area contributed by atoms with Crippen LogP contribution in [0.1, 0.15) is 27.4 Å². The van der Waals surface area contributed by atoms with E-state index in [0.29, 0.717) is 5.75 Å². The SMILES string of the molecule is Cc1cccc(OCc2nnc(SCC(=O)c3cc(C)ccc3OC(F)F)o2)c1. The normalized spacial score (nSPS) is 10.9. The van der Waals surface area contributed by atoms with Gasteiger partial charge in [-0.25, -0.2) is 0 Å². The van der Waals surface area contributed by atoms with Crippen molar-refractivity contribution >= 4 is 17.5 Å². The van der Waals surface area contributed by atoms with Gasteiger partial charge in [0, 0.05) is 0 Å². The number of halogens is 2. The number of alkyl halides is 2. The lowest BCUT2D eigenvalue weighted by molar-refractivity contribution is -0.0501. The van der Waals surface area contributed by atoms with E-state index in [9.17, 15) is 13.6 Å². The van der Waals surface area contributed by atoms with Crippen molar-refractivity contribution in [3.05, 3.63) is 65.0 Å². The van der Waals surface area contributed by atoms with Crippen LogP contribution in [0.2, 0.25) is 0 Å². The Morgan fingerprint density at radius 1 is 1.14 bits per heavy atom. The molecule has 0 saturated carbocycles. The van der Waals surface area contributed by atoms with Crippen molar-refractivity contribution in [3.8, 4) is 11.5 Å². The molecule has 0 bridgehead atoms. The van der Waals surface area contributed by atoms with Crippen LogP contribution in [-0.4, -0.2) is 28.3 Å². The van der Waals surface area contributed by atoms with Gasteiger partial charge in [-0.15, -0.1) is 10.2 Å². The van der Waals surface area contributed by atoms with E-state index >= 15 is 0 Å². The molecular weight excluding hydrogens is 402 g/mol. The van der Waals surface area contributed by atoms with Gasteiger partial charge in [0.2, 0.25) is 0 Å². The molecule has 0 spiro atoms. The van der Waals surface area contributed by atoms with Crippen molar-refractivity contribution < 1.29 is 27.5 Å². The van der Waals surface area contributed by atoms with Crippen LogP contribution >= 0.6 is 11.8 Å². The van der Waals surface area contributed by atoms with Crippen LogP contribution in [0.5, 0.6) is 11.5 Å². The summed E-state index contributed by atoms with van der Waals surface area (Å²) in [7, 11) is 0. The predicted molar refractivity (Wildman–Crippen MR) is 103 cm³/mol. The fourth-order valence-corrected chi connectivity index (χ4v) is 3.13. The minimum Gasteiger partial charge on any atom is -0.484 e. The van der Waals surface area contributed by atoms with Gasteiger partial charge in [-0.05, 0) is 43.7 Å². The molecule has 3 rings (SSSR count). The fourth-order valence-electron chi connectivity index (χ4n) is 2.47. The number of thioether (sulfide) groups is 1. The van der Waals surface area contributed by atoms with Crippen molar-refractivity contribution in [3.63, 3.8) is 0 Å². The number of aromatic nitrogens is 2. The molecule has 9 heteroatoms. The van der Waals surface area contributed by atoms with Crippen LogP contribution in [0.3, 0.4) is 0 Å². The number of ketones is 1. The van der Waals surface area contributed by atoms with E-state index < -0.39 is 6.61 Å². The van der Waals surface area contributed by atoms with Crippen molar-refractivity contribution in [1.82, 2.24) is 10.2 Å². The number of rotatable bonds is 9. The lowest BCUT2D eigenvalue weighted by Crippen LogP contribution is -2.10. The van der Waals surface area contributed by atoms with E-state index in [-0.39, 0.29) is 40.6 Å². The molecule has 0 N–H and O–H groups in total. The van der Waals surface area contributed by atoms with Crippen molar-refractivity contribution in [2.45, 2.75) is 32.3 Å². The van der Waals surface area contributed by atoms with Gasteiger partial charge in [0.1, 0.15) is 11.5 Å². The number of nitrogens with zero attached hydrogens (tertiary/aromatic N) is 2. The number of ether oxygens (including phenoxy) is 2. The summed E-state index contributed by atoms with van der Waals surface area (Å²) in [4.78, 5) is 12.5. The summed E-state index contributed by atoms with van der Waals surface area (Å²) in [6, 6.07) is 12.0. The van der Waals surface area contributed by atoms with Gasteiger partial charge < -0.3 is 13.9 Å². The zero-order chi connectivity index (χ0) is 20.8. The van der Waals surface area contributed by atoms with Crippen LogP contribution in [0.25, 0.3) is 0 Å². The first-order valence-corrected chi connectivity index (χ1v) is 9.62. The quantitative estimate of drug-likeness (QED) is 0.362. The van der Waals surface area contributed by atoms with Crippen molar-refractivity contribution in [1.29, 1.82) is 0 Å². The Hall–Kier alpha value is -2.94. The maximum absolute atomic E-state index is 12.6. The van der Waals surface area contributed by atoms with Crippen molar-refractivity contribution in [2.75, 3.05) is 5.75 Å². The highest BCUT2D eigenvalue weighted by Gasteiger charge is 2.18. The summed E-state index contributed by atoms with van der Waals surface area (Å²) >= 11 is 1.01. The highest BCUT2D eigenvalue weighted by Crippen LogP contribution is 2.26. The topological polar surface area (TPSA) is 74.5 Å². The molecule has 6 nitrogen and oxygen atoms in total.